The molecular weight excluding hydrogens is 468 g/mol. The van der Waals surface area contributed by atoms with Gasteiger partial charge in [0.05, 0.1) is 6.10 Å². The van der Waals surface area contributed by atoms with Crippen LogP contribution in [0, 0.1) is 17.8 Å². The predicted molar refractivity (Wildman–Crippen MR) is 143 cm³/mol. The van der Waals surface area contributed by atoms with Crippen molar-refractivity contribution in [2.75, 3.05) is 50.8 Å². The SMILES string of the molecule is CCCN1CCN(c2ccc(C(=O)NC(CC(C)C)C(=O)N3C[C@@H](C4CC4)[C@H]4OCC(=O)[C@H]43)cc2)CC1. The average Bonchev–Trinajstić information content (AvgIpc) is 3.56. The summed E-state index contributed by atoms with van der Waals surface area (Å²) in [5.74, 6) is 0.579. The summed E-state index contributed by atoms with van der Waals surface area (Å²) in [6.45, 7) is 12.2. The van der Waals surface area contributed by atoms with Crippen LogP contribution in [-0.4, -0.2) is 91.5 Å². The summed E-state index contributed by atoms with van der Waals surface area (Å²) in [6.07, 6.45) is 3.81. The summed E-state index contributed by atoms with van der Waals surface area (Å²) in [5.41, 5.74) is 1.67. The molecule has 3 saturated heterocycles. The first-order valence-electron chi connectivity index (χ1n) is 14.2. The lowest BCUT2D eigenvalue weighted by Crippen LogP contribution is -2.52. The first-order valence-corrected chi connectivity index (χ1v) is 14.2. The van der Waals surface area contributed by atoms with Gasteiger partial charge in [-0.05, 0) is 68.3 Å². The zero-order valence-electron chi connectivity index (χ0n) is 22.5. The maximum absolute atomic E-state index is 13.8. The number of carbonyl (C=O) groups is 3. The highest BCUT2D eigenvalue weighted by molar-refractivity contribution is 5.99. The molecule has 2 amide bonds. The van der Waals surface area contributed by atoms with E-state index in [1.54, 1.807) is 4.90 Å². The Bertz CT molecular complexity index is 984. The van der Waals surface area contributed by atoms with E-state index in [2.05, 4.69) is 22.0 Å². The molecule has 1 aliphatic carbocycles. The molecule has 202 valence electrons. The molecule has 4 fully saturated rings. The number of carbonyl (C=O) groups excluding carboxylic acids is 3. The van der Waals surface area contributed by atoms with Gasteiger partial charge in [0.25, 0.3) is 5.91 Å². The van der Waals surface area contributed by atoms with E-state index < -0.39 is 12.1 Å². The second-order valence-electron chi connectivity index (χ2n) is 11.7. The molecule has 0 bridgehead atoms. The number of ketones is 1. The Morgan fingerprint density at radius 3 is 2.41 bits per heavy atom. The molecule has 0 aromatic heterocycles. The van der Waals surface area contributed by atoms with Crippen LogP contribution in [0.2, 0.25) is 0 Å². The lowest BCUT2D eigenvalue weighted by molar-refractivity contribution is -0.138. The lowest BCUT2D eigenvalue weighted by atomic mass is 9.97. The summed E-state index contributed by atoms with van der Waals surface area (Å²) in [6, 6.07) is 6.55. The Hall–Kier alpha value is -2.45. The molecule has 4 atom stereocenters. The minimum Gasteiger partial charge on any atom is -0.369 e. The molecule has 1 aromatic carbocycles. The van der Waals surface area contributed by atoms with Gasteiger partial charge in [-0.3, -0.25) is 19.3 Å². The first kappa shape index (κ1) is 26.2. The number of Topliss-reactive ketones (excluding diaryl/α,β-unsaturated/α-hetero) is 1. The highest BCUT2D eigenvalue weighted by Crippen LogP contribution is 2.46. The lowest BCUT2D eigenvalue weighted by Gasteiger charge is -2.36. The molecule has 8 heteroatoms. The van der Waals surface area contributed by atoms with Crippen LogP contribution in [0.3, 0.4) is 0 Å². The third-order valence-electron chi connectivity index (χ3n) is 8.45. The van der Waals surface area contributed by atoms with Crippen molar-refractivity contribution in [2.45, 2.75) is 64.6 Å². The molecule has 1 N–H and O–H groups in total. The van der Waals surface area contributed by atoms with Crippen molar-refractivity contribution in [3.05, 3.63) is 29.8 Å². The molecule has 4 aliphatic rings. The van der Waals surface area contributed by atoms with E-state index in [0.717, 1.165) is 51.3 Å². The fourth-order valence-electron chi connectivity index (χ4n) is 6.36. The third-order valence-corrected chi connectivity index (χ3v) is 8.45. The van der Waals surface area contributed by atoms with Gasteiger partial charge in [0.15, 0.2) is 5.78 Å². The summed E-state index contributed by atoms with van der Waals surface area (Å²) >= 11 is 0. The van der Waals surface area contributed by atoms with E-state index in [1.165, 1.54) is 6.42 Å². The van der Waals surface area contributed by atoms with Crippen molar-refractivity contribution in [2.24, 2.45) is 17.8 Å². The van der Waals surface area contributed by atoms with E-state index >= 15 is 0 Å². The molecule has 5 rings (SSSR count). The first-order chi connectivity index (χ1) is 17.9. The Kier molecular flexibility index (Phi) is 7.86. The quantitative estimate of drug-likeness (QED) is 0.550. The van der Waals surface area contributed by atoms with Gasteiger partial charge in [-0.2, -0.15) is 0 Å². The minimum atomic E-state index is -0.661. The van der Waals surface area contributed by atoms with Gasteiger partial charge in [0.1, 0.15) is 18.7 Å². The highest BCUT2D eigenvalue weighted by atomic mass is 16.5. The maximum Gasteiger partial charge on any atom is 0.251 e. The standard InChI is InChI=1S/C29H42N4O4/c1-4-11-31-12-14-32(15-13-31)22-9-7-21(8-10-22)28(35)30-24(16-19(2)3)29(36)33-17-23(20-5-6-20)27-26(33)25(34)18-37-27/h7-10,19-20,23-24,26-27H,4-6,11-18H2,1-3H3,(H,30,35)/t23-,24?,26+,27+/m0/s1. The minimum absolute atomic E-state index is 0.0118. The van der Waals surface area contributed by atoms with Gasteiger partial charge >= 0.3 is 0 Å². The Labute approximate surface area is 220 Å². The van der Waals surface area contributed by atoms with Crippen LogP contribution < -0.4 is 10.2 Å². The van der Waals surface area contributed by atoms with Crippen molar-refractivity contribution in [1.29, 1.82) is 0 Å². The molecule has 37 heavy (non-hydrogen) atoms. The molecule has 0 spiro atoms. The topological polar surface area (TPSA) is 82.2 Å². The van der Waals surface area contributed by atoms with Crippen molar-refractivity contribution in [3.8, 4) is 0 Å². The van der Waals surface area contributed by atoms with Gasteiger partial charge in [-0.25, -0.2) is 0 Å². The molecule has 3 heterocycles. The Morgan fingerprint density at radius 2 is 1.78 bits per heavy atom. The fraction of sp³-hybridized carbons (Fsp3) is 0.690. The van der Waals surface area contributed by atoms with Crippen molar-refractivity contribution in [1.82, 2.24) is 15.1 Å². The van der Waals surface area contributed by atoms with Crippen LogP contribution in [0.5, 0.6) is 0 Å². The Balaban J connectivity index is 1.24. The summed E-state index contributed by atoms with van der Waals surface area (Å²) in [5, 5.41) is 3.01. The van der Waals surface area contributed by atoms with Gasteiger partial charge in [-0.1, -0.05) is 20.8 Å². The van der Waals surface area contributed by atoms with Crippen LogP contribution in [0.15, 0.2) is 24.3 Å². The van der Waals surface area contributed by atoms with Crippen LogP contribution in [0.1, 0.15) is 56.8 Å². The molecule has 0 radical (unpaired) electrons. The number of nitrogens with one attached hydrogen (secondary N) is 1. The smallest absolute Gasteiger partial charge is 0.251 e. The van der Waals surface area contributed by atoms with E-state index in [9.17, 15) is 14.4 Å². The second-order valence-corrected chi connectivity index (χ2v) is 11.7. The normalized spacial score (nSPS) is 27.0. The predicted octanol–water partition coefficient (Wildman–Crippen LogP) is 2.57. The fourth-order valence-corrected chi connectivity index (χ4v) is 6.36. The van der Waals surface area contributed by atoms with Crippen molar-refractivity contribution < 1.29 is 19.1 Å². The number of likely N-dealkylation sites (tertiary alicyclic amines) is 1. The number of piperazine rings is 1. The number of benzene rings is 1. The number of ether oxygens (including phenoxy) is 1. The van der Waals surface area contributed by atoms with E-state index in [0.29, 0.717) is 24.4 Å². The number of hydrogen-bond donors (Lipinski definition) is 1. The largest absolute Gasteiger partial charge is 0.369 e. The molecule has 8 nitrogen and oxygen atoms in total. The van der Waals surface area contributed by atoms with Crippen molar-refractivity contribution in [3.63, 3.8) is 0 Å². The maximum atomic E-state index is 13.8. The summed E-state index contributed by atoms with van der Waals surface area (Å²) < 4.78 is 5.84. The second kappa shape index (κ2) is 11.1. The summed E-state index contributed by atoms with van der Waals surface area (Å²) in [7, 11) is 0. The number of amides is 2. The van der Waals surface area contributed by atoms with Crippen molar-refractivity contribution >= 4 is 23.3 Å². The van der Waals surface area contributed by atoms with Crippen LogP contribution >= 0.6 is 0 Å². The molecule has 3 aliphatic heterocycles. The van der Waals surface area contributed by atoms with Crippen LogP contribution in [0.4, 0.5) is 5.69 Å². The molecular formula is C29H42N4O4. The molecule has 1 unspecified atom stereocenters. The van der Waals surface area contributed by atoms with Gasteiger partial charge < -0.3 is 19.9 Å². The summed E-state index contributed by atoms with van der Waals surface area (Å²) in [4.78, 5) is 46.2. The van der Waals surface area contributed by atoms with E-state index in [1.807, 2.05) is 38.1 Å². The molecule has 1 saturated carbocycles. The number of anilines is 1. The number of hydrogen-bond acceptors (Lipinski definition) is 6. The van der Waals surface area contributed by atoms with Crippen LogP contribution in [0.25, 0.3) is 0 Å². The van der Waals surface area contributed by atoms with E-state index in [-0.39, 0.29) is 42.1 Å². The zero-order valence-corrected chi connectivity index (χ0v) is 22.5. The average molecular weight is 511 g/mol. The number of rotatable bonds is 9. The zero-order chi connectivity index (χ0) is 26.1. The monoisotopic (exact) mass is 510 g/mol. The number of nitrogens with zero attached hydrogens (tertiary/aromatic N) is 3. The van der Waals surface area contributed by atoms with E-state index in [4.69, 9.17) is 4.74 Å². The molecule has 1 aromatic rings. The van der Waals surface area contributed by atoms with Crippen LogP contribution in [-0.2, 0) is 14.3 Å². The highest BCUT2D eigenvalue weighted by Gasteiger charge is 2.56. The van der Waals surface area contributed by atoms with Gasteiger partial charge in [0.2, 0.25) is 5.91 Å². The van der Waals surface area contributed by atoms with Gasteiger partial charge in [0, 0.05) is 49.9 Å². The number of fused-ring (bicyclic) bond motifs is 1. The van der Waals surface area contributed by atoms with Gasteiger partial charge in [-0.15, -0.1) is 0 Å². The third kappa shape index (κ3) is 5.70. The Morgan fingerprint density at radius 1 is 1.08 bits per heavy atom.